The second-order valence-corrected chi connectivity index (χ2v) is 7.54. The highest BCUT2D eigenvalue weighted by molar-refractivity contribution is 5.83. The molecule has 0 bridgehead atoms. The number of fused-ring (bicyclic) bond motifs is 1. The number of amides is 1. The fraction of sp³-hybridized carbons (Fsp3) is 0.300. The van der Waals surface area contributed by atoms with Gasteiger partial charge in [-0.25, -0.2) is 23.8 Å². The Morgan fingerprint density at radius 2 is 1.97 bits per heavy atom. The van der Waals surface area contributed by atoms with Crippen molar-refractivity contribution in [2.45, 2.75) is 25.3 Å². The van der Waals surface area contributed by atoms with E-state index in [0.717, 1.165) is 23.8 Å². The predicted molar refractivity (Wildman–Crippen MR) is 107 cm³/mol. The minimum absolute atomic E-state index is 0.249. The van der Waals surface area contributed by atoms with Crippen molar-refractivity contribution in [2.24, 2.45) is 0 Å². The van der Waals surface area contributed by atoms with Crippen molar-refractivity contribution >= 4 is 17.0 Å². The van der Waals surface area contributed by atoms with Crippen LogP contribution in [0.15, 0.2) is 43.1 Å². The summed E-state index contributed by atoms with van der Waals surface area (Å²) in [5.41, 5.74) is 2.01. The number of tetrazole rings is 1. The van der Waals surface area contributed by atoms with E-state index in [1.165, 1.54) is 22.0 Å². The molecule has 11 heteroatoms. The molecule has 3 aromatic heterocycles. The maximum atomic E-state index is 14.8. The van der Waals surface area contributed by atoms with Crippen LogP contribution in [-0.2, 0) is 6.54 Å². The molecule has 4 heterocycles. The Morgan fingerprint density at radius 3 is 2.65 bits per heavy atom. The minimum Gasteiger partial charge on any atom is -0.465 e. The van der Waals surface area contributed by atoms with Gasteiger partial charge < -0.3 is 14.6 Å². The van der Waals surface area contributed by atoms with Crippen molar-refractivity contribution in [3.8, 4) is 5.69 Å². The van der Waals surface area contributed by atoms with Gasteiger partial charge in [0.2, 0.25) is 0 Å². The third kappa shape index (κ3) is 3.69. The predicted octanol–water partition coefficient (Wildman–Crippen LogP) is 2.45. The fourth-order valence-electron chi connectivity index (χ4n) is 4.04. The smallest absolute Gasteiger partial charge is 0.407 e. The summed E-state index contributed by atoms with van der Waals surface area (Å²) in [5.74, 6) is 0.446. The molecule has 4 aromatic rings. The maximum Gasteiger partial charge on any atom is 0.407 e. The highest BCUT2D eigenvalue weighted by Crippen LogP contribution is 2.27. The van der Waals surface area contributed by atoms with Crippen molar-refractivity contribution < 1.29 is 14.3 Å². The number of nitrogens with zero attached hydrogens (tertiary/aromatic N) is 8. The van der Waals surface area contributed by atoms with Gasteiger partial charge in [0.25, 0.3) is 0 Å². The van der Waals surface area contributed by atoms with E-state index < -0.39 is 6.09 Å². The zero-order chi connectivity index (χ0) is 21.4. The van der Waals surface area contributed by atoms with Gasteiger partial charge in [-0.3, -0.25) is 0 Å². The van der Waals surface area contributed by atoms with E-state index >= 15 is 0 Å². The van der Waals surface area contributed by atoms with Crippen LogP contribution in [-0.4, -0.2) is 63.9 Å². The lowest BCUT2D eigenvalue weighted by molar-refractivity contribution is 0.132. The number of halogens is 1. The first-order valence-electron chi connectivity index (χ1n) is 9.89. The Morgan fingerprint density at radius 1 is 1.19 bits per heavy atom. The average Bonchev–Trinajstić information content (AvgIpc) is 3.45. The molecule has 1 amide bonds. The monoisotopic (exact) mass is 422 g/mol. The Hall–Kier alpha value is -3.89. The topological polar surface area (TPSA) is 115 Å². The molecule has 10 nitrogen and oxygen atoms in total. The van der Waals surface area contributed by atoms with Crippen LogP contribution in [0.4, 0.5) is 9.18 Å². The molecule has 1 aliphatic rings. The summed E-state index contributed by atoms with van der Waals surface area (Å²) >= 11 is 0. The lowest BCUT2D eigenvalue weighted by atomic mass is 9.91. The van der Waals surface area contributed by atoms with E-state index in [9.17, 15) is 9.18 Å². The number of aromatic nitrogens is 7. The molecule has 0 aliphatic carbocycles. The molecular weight excluding hydrogens is 403 g/mol. The molecule has 1 fully saturated rings. The first-order valence-corrected chi connectivity index (χ1v) is 9.89. The number of rotatable bonds is 4. The van der Waals surface area contributed by atoms with E-state index in [-0.39, 0.29) is 11.7 Å². The zero-order valence-electron chi connectivity index (χ0n) is 16.5. The van der Waals surface area contributed by atoms with Crippen molar-refractivity contribution in [2.75, 3.05) is 13.1 Å². The molecule has 5 rings (SSSR count). The zero-order valence-corrected chi connectivity index (χ0v) is 16.5. The maximum absolute atomic E-state index is 14.8. The number of hydrogen-bond donors (Lipinski definition) is 1. The number of likely N-dealkylation sites (tertiary alicyclic amines) is 1. The van der Waals surface area contributed by atoms with E-state index in [4.69, 9.17) is 5.11 Å². The van der Waals surface area contributed by atoms with Gasteiger partial charge in [-0.2, -0.15) is 0 Å². The standard InChI is InChI=1S/C20H19FN8O2/c21-17-8-16(29-12-24-25-26-29)7-14-3-6-28(19(14)17)11-18-22-9-15(10-23-18)13-1-4-27(5-2-13)20(30)31/h3,6-10,12-13H,1-2,4-5,11H2,(H,30,31). The lowest BCUT2D eigenvalue weighted by Crippen LogP contribution is -2.36. The summed E-state index contributed by atoms with van der Waals surface area (Å²) in [7, 11) is 0. The van der Waals surface area contributed by atoms with Crippen molar-refractivity contribution in [1.82, 2.24) is 39.6 Å². The summed E-state index contributed by atoms with van der Waals surface area (Å²) in [6.45, 7) is 1.37. The SMILES string of the molecule is O=C(O)N1CCC(c2cnc(Cn3ccc4cc(-n5cnnn5)cc(F)c43)nc2)CC1. The number of carboxylic acid groups (broad SMARTS) is 1. The Kier molecular flexibility index (Phi) is 4.77. The van der Waals surface area contributed by atoms with Gasteiger partial charge >= 0.3 is 6.09 Å². The van der Waals surface area contributed by atoms with Crippen LogP contribution in [0, 0.1) is 5.82 Å². The first kappa shape index (κ1) is 19.1. The van der Waals surface area contributed by atoms with Gasteiger partial charge in [0.15, 0.2) is 0 Å². The van der Waals surface area contributed by atoms with Crippen LogP contribution in [0.1, 0.15) is 30.1 Å². The Labute approximate surface area is 175 Å². The first-order chi connectivity index (χ1) is 15.1. The minimum atomic E-state index is -0.874. The number of piperidine rings is 1. The molecule has 0 radical (unpaired) electrons. The second-order valence-electron chi connectivity index (χ2n) is 7.54. The molecule has 0 spiro atoms. The van der Waals surface area contributed by atoms with Gasteiger partial charge in [0.05, 0.1) is 17.7 Å². The van der Waals surface area contributed by atoms with E-state index in [1.54, 1.807) is 23.2 Å². The van der Waals surface area contributed by atoms with Gasteiger partial charge in [-0.15, -0.1) is 5.10 Å². The molecule has 1 aliphatic heterocycles. The van der Waals surface area contributed by atoms with Crippen molar-refractivity contribution in [1.29, 1.82) is 0 Å². The van der Waals surface area contributed by atoms with Crippen LogP contribution in [0.5, 0.6) is 0 Å². The second kappa shape index (κ2) is 7.74. The quantitative estimate of drug-likeness (QED) is 0.537. The van der Waals surface area contributed by atoms with Crippen LogP contribution in [0.2, 0.25) is 0 Å². The van der Waals surface area contributed by atoms with Crippen molar-refractivity contribution in [3.05, 3.63) is 60.3 Å². The molecular formula is C20H19FN8O2. The third-order valence-corrected chi connectivity index (χ3v) is 5.69. The Balaban J connectivity index is 1.33. The summed E-state index contributed by atoms with van der Waals surface area (Å²) in [6, 6.07) is 5.04. The summed E-state index contributed by atoms with van der Waals surface area (Å²) in [4.78, 5) is 21.4. The summed E-state index contributed by atoms with van der Waals surface area (Å²) in [5, 5.41) is 20.8. The Bertz CT molecular complexity index is 1210. The highest BCUT2D eigenvalue weighted by atomic mass is 19.1. The molecule has 1 aromatic carbocycles. The molecule has 0 unspecified atom stereocenters. The molecule has 158 valence electrons. The van der Waals surface area contributed by atoms with Crippen LogP contribution >= 0.6 is 0 Å². The van der Waals surface area contributed by atoms with Crippen LogP contribution < -0.4 is 0 Å². The molecule has 0 saturated carbocycles. The number of carbonyl (C=O) groups is 1. The van der Waals surface area contributed by atoms with Gasteiger partial charge in [-0.05, 0) is 46.9 Å². The molecule has 1 N–H and O–H groups in total. The van der Waals surface area contributed by atoms with Crippen LogP contribution in [0.3, 0.4) is 0 Å². The summed E-state index contributed by atoms with van der Waals surface area (Å²) in [6.07, 6.45) is 7.44. The number of hydrogen-bond acceptors (Lipinski definition) is 6. The van der Waals surface area contributed by atoms with Gasteiger partial charge in [0.1, 0.15) is 18.0 Å². The van der Waals surface area contributed by atoms with Gasteiger partial charge in [-0.1, -0.05) is 0 Å². The molecule has 0 atom stereocenters. The third-order valence-electron chi connectivity index (χ3n) is 5.69. The van der Waals surface area contributed by atoms with E-state index in [2.05, 4.69) is 25.5 Å². The lowest BCUT2D eigenvalue weighted by Gasteiger charge is -2.29. The van der Waals surface area contributed by atoms with Crippen molar-refractivity contribution in [3.63, 3.8) is 0 Å². The highest BCUT2D eigenvalue weighted by Gasteiger charge is 2.23. The fourth-order valence-corrected chi connectivity index (χ4v) is 4.04. The van der Waals surface area contributed by atoms with Crippen LogP contribution in [0.25, 0.3) is 16.6 Å². The summed E-state index contributed by atoms with van der Waals surface area (Å²) < 4.78 is 18.0. The molecule has 1 saturated heterocycles. The number of benzene rings is 1. The van der Waals surface area contributed by atoms with E-state index in [0.29, 0.717) is 36.7 Å². The van der Waals surface area contributed by atoms with E-state index in [1.807, 2.05) is 12.1 Å². The normalized spacial score (nSPS) is 14.9. The molecule has 31 heavy (non-hydrogen) atoms. The van der Waals surface area contributed by atoms with Gasteiger partial charge in [0, 0.05) is 43.1 Å². The largest absolute Gasteiger partial charge is 0.465 e. The average molecular weight is 422 g/mol.